The van der Waals surface area contributed by atoms with Crippen LogP contribution in [0.4, 0.5) is 0 Å². The number of H-pyrrole nitrogens is 1. The number of imidazole rings is 1. The molecule has 0 aliphatic heterocycles. The molecule has 0 spiro atoms. The molecule has 0 saturated heterocycles. The Balaban J connectivity index is 2.05. The normalized spacial score (nSPS) is 12.4. The van der Waals surface area contributed by atoms with E-state index in [0.717, 1.165) is 25.1 Å². The minimum atomic E-state index is 0.112. The maximum Gasteiger partial charge on any atom is 0.220 e. The quantitative estimate of drug-likeness (QED) is 0.627. The van der Waals surface area contributed by atoms with E-state index in [9.17, 15) is 4.79 Å². The van der Waals surface area contributed by atoms with Gasteiger partial charge in [0.05, 0.1) is 0 Å². The molecule has 4 N–H and O–H groups in total. The molecule has 5 heteroatoms. The van der Waals surface area contributed by atoms with Crippen molar-refractivity contribution in [2.24, 2.45) is 11.7 Å². The highest BCUT2D eigenvalue weighted by Crippen LogP contribution is 2.08. The predicted octanol–water partition coefficient (Wildman–Crippen LogP) is 0.833. The van der Waals surface area contributed by atoms with E-state index in [4.69, 9.17) is 5.73 Å². The van der Waals surface area contributed by atoms with E-state index in [1.165, 1.54) is 0 Å². The molecule has 0 aromatic carbocycles. The van der Waals surface area contributed by atoms with Crippen LogP contribution >= 0.6 is 0 Å². The SMILES string of the molecule is CC(CCN)CCC(=O)NCCc1ncc[nH]1. The van der Waals surface area contributed by atoms with Crippen molar-refractivity contribution in [3.63, 3.8) is 0 Å². The number of hydrogen-bond acceptors (Lipinski definition) is 3. The molecule has 5 nitrogen and oxygen atoms in total. The van der Waals surface area contributed by atoms with Gasteiger partial charge in [-0.3, -0.25) is 4.79 Å². The Hall–Kier alpha value is -1.36. The second-order valence-corrected chi connectivity index (χ2v) is 4.36. The monoisotopic (exact) mass is 238 g/mol. The fraction of sp³-hybridized carbons (Fsp3) is 0.667. The van der Waals surface area contributed by atoms with Crippen LogP contribution in [0.3, 0.4) is 0 Å². The Labute approximate surface area is 102 Å². The molecule has 1 heterocycles. The van der Waals surface area contributed by atoms with E-state index in [-0.39, 0.29) is 5.91 Å². The first-order valence-electron chi connectivity index (χ1n) is 6.17. The zero-order chi connectivity index (χ0) is 12.5. The zero-order valence-corrected chi connectivity index (χ0v) is 10.4. The maximum absolute atomic E-state index is 11.5. The Kier molecular flexibility index (Phi) is 6.32. The molecule has 17 heavy (non-hydrogen) atoms. The summed E-state index contributed by atoms with van der Waals surface area (Å²) in [4.78, 5) is 18.6. The van der Waals surface area contributed by atoms with Crippen LogP contribution in [-0.2, 0) is 11.2 Å². The number of carbonyl (C=O) groups excluding carboxylic acids is 1. The first-order chi connectivity index (χ1) is 8.22. The summed E-state index contributed by atoms with van der Waals surface area (Å²) >= 11 is 0. The second-order valence-electron chi connectivity index (χ2n) is 4.36. The highest BCUT2D eigenvalue weighted by Gasteiger charge is 2.06. The molecule has 1 amide bonds. The van der Waals surface area contributed by atoms with E-state index in [1.54, 1.807) is 12.4 Å². The van der Waals surface area contributed by atoms with Crippen LogP contribution in [0.25, 0.3) is 0 Å². The largest absolute Gasteiger partial charge is 0.356 e. The molecular formula is C12H22N4O. The van der Waals surface area contributed by atoms with E-state index >= 15 is 0 Å². The van der Waals surface area contributed by atoms with Crippen LogP contribution in [0.15, 0.2) is 12.4 Å². The lowest BCUT2D eigenvalue weighted by Gasteiger charge is -2.09. The van der Waals surface area contributed by atoms with Gasteiger partial charge in [-0.05, 0) is 25.3 Å². The average molecular weight is 238 g/mol. The molecule has 1 aromatic heterocycles. The average Bonchev–Trinajstić information content (AvgIpc) is 2.80. The molecule has 1 aromatic rings. The first kappa shape index (κ1) is 13.7. The van der Waals surface area contributed by atoms with Crippen LogP contribution in [0, 0.1) is 5.92 Å². The lowest BCUT2D eigenvalue weighted by Crippen LogP contribution is -2.26. The van der Waals surface area contributed by atoms with Crippen molar-refractivity contribution in [3.05, 3.63) is 18.2 Å². The molecule has 0 bridgehead atoms. The molecule has 0 saturated carbocycles. The van der Waals surface area contributed by atoms with Gasteiger partial charge in [-0.2, -0.15) is 0 Å². The number of aromatic nitrogens is 2. The Morgan fingerprint density at radius 1 is 1.59 bits per heavy atom. The van der Waals surface area contributed by atoms with E-state index in [1.807, 2.05) is 0 Å². The van der Waals surface area contributed by atoms with Crippen LogP contribution in [0.5, 0.6) is 0 Å². The van der Waals surface area contributed by atoms with Gasteiger partial charge >= 0.3 is 0 Å². The van der Waals surface area contributed by atoms with Crippen molar-refractivity contribution >= 4 is 5.91 Å². The van der Waals surface area contributed by atoms with Crippen LogP contribution in [-0.4, -0.2) is 29.0 Å². The lowest BCUT2D eigenvalue weighted by atomic mass is 10.0. The third-order valence-corrected chi connectivity index (χ3v) is 2.76. The van der Waals surface area contributed by atoms with Crippen molar-refractivity contribution in [3.8, 4) is 0 Å². The van der Waals surface area contributed by atoms with Crippen LogP contribution in [0.2, 0.25) is 0 Å². The second kappa shape index (κ2) is 7.84. The van der Waals surface area contributed by atoms with Gasteiger partial charge in [0.15, 0.2) is 0 Å². The summed E-state index contributed by atoms with van der Waals surface area (Å²) in [6.07, 6.45) is 6.72. The summed E-state index contributed by atoms with van der Waals surface area (Å²) in [5, 5.41) is 2.89. The molecule has 1 unspecified atom stereocenters. The van der Waals surface area contributed by atoms with Gasteiger partial charge in [0.1, 0.15) is 5.82 Å². The molecule has 1 rings (SSSR count). The maximum atomic E-state index is 11.5. The summed E-state index contributed by atoms with van der Waals surface area (Å²) in [7, 11) is 0. The van der Waals surface area contributed by atoms with E-state index < -0.39 is 0 Å². The summed E-state index contributed by atoms with van der Waals surface area (Å²) in [5.74, 6) is 1.54. The number of aromatic amines is 1. The van der Waals surface area contributed by atoms with Crippen molar-refractivity contribution in [1.82, 2.24) is 15.3 Å². The highest BCUT2D eigenvalue weighted by atomic mass is 16.1. The van der Waals surface area contributed by atoms with Gasteiger partial charge in [-0.1, -0.05) is 6.92 Å². The zero-order valence-electron chi connectivity index (χ0n) is 10.4. The lowest BCUT2D eigenvalue weighted by molar-refractivity contribution is -0.121. The fourth-order valence-corrected chi connectivity index (χ4v) is 1.65. The number of rotatable bonds is 8. The Morgan fingerprint density at radius 3 is 3.06 bits per heavy atom. The van der Waals surface area contributed by atoms with Gasteiger partial charge in [0, 0.05) is 31.8 Å². The van der Waals surface area contributed by atoms with Crippen LogP contribution in [0.1, 0.15) is 32.0 Å². The predicted molar refractivity (Wildman–Crippen MR) is 67.4 cm³/mol. The standard InChI is InChI=1S/C12H22N4O/c1-10(4-6-13)2-3-12(17)16-7-5-11-14-8-9-15-11/h8-10H,2-7,13H2,1H3,(H,14,15)(H,16,17). The summed E-state index contributed by atoms with van der Waals surface area (Å²) in [6, 6.07) is 0. The van der Waals surface area contributed by atoms with Crippen LogP contribution < -0.4 is 11.1 Å². The summed E-state index contributed by atoms with van der Waals surface area (Å²) in [5.41, 5.74) is 5.46. The third-order valence-electron chi connectivity index (χ3n) is 2.76. The molecule has 1 atom stereocenters. The minimum absolute atomic E-state index is 0.112. The van der Waals surface area contributed by atoms with Gasteiger partial charge in [-0.15, -0.1) is 0 Å². The topological polar surface area (TPSA) is 83.8 Å². The number of nitrogens with zero attached hydrogens (tertiary/aromatic N) is 1. The fourth-order valence-electron chi connectivity index (χ4n) is 1.65. The molecular weight excluding hydrogens is 216 g/mol. The van der Waals surface area contributed by atoms with Crippen molar-refractivity contribution in [2.45, 2.75) is 32.6 Å². The highest BCUT2D eigenvalue weighted by molar-refractivity contribution is 5.75. The number of amides is 1. The summed E-state index contributed by atoms with van der Waals surface area (Å²) in [6.45, 7) is 3.46. The third kappa shape index (κ3) is 6.06. The number of nitrogens with one attached hydrogen (secondary N) is 2. The molecule has 0 radical (unpaired) electrons. The van der Waals surface area contributed by atoms with Crippen molar-refractivity contribution in [2.75, 3.05) is 13.1 Å². The van der Waals surface area contributed by atoms with Gasteiger partial charge in [0.2, 0.25) is 5.91 Å². The summed E-state index contributed by atoms with van der Waals surface area (Å²) < 4.78 is 0. The van der Waals surface area contributed by atoms with Crippen molar-refractivity contribution in [1.29, 1.82) is 0 Å². The number of nitrogens with two attached hydrogens (primary N) is 1. The number of carbonyl (C=O) groups is 1. The van der Waals surface area contributed by atoms with Gasteiger partial charge in [0.25, 0.3) is 0 Å². The Bertz CT molecular complexity index is 310. The first-order valence-corrected chi connectivity index (χ1v) is 6.17. The van der Waals surface area contributed by atoms with Gasteiger partial charge in [-0.25, -0.2) is 4.98 Å². The molecule has 96 valence electrons. The van der Waals surface area contributed by atoms with Gasteiger partial charge < -0.3 is 16.0 Å². The van der Waals surface area contributed by atoms with E-state index in [0.29, 0.717) is 25.4 Å². The van der Waals surface area contributed by atoms with Crippen molar-refractivity contribution < 1.29 is 4.79 Å². The Morgan fingerprint density at radius 2 is 2.41 bits per heavy atom. The smallest absolute Gasteiger partial charge is 0.220 e. The number of hydrogen-bond donors (Lipinski definition) is 3. The molecule has 0 aliphatic carbocycles. The molecule has 0 aliphatic rings. The van der Waals surface area contributed by atoms with E-state index in [2.05, 4.69) is 22.2 Å². The molecule has 0 fully saturated rings. The minimum Gasteiger partial charge on any atom is -0.356 e.